The summed E-state index contributed by atoms with van der Waals surface area (Å²) in [6, 6.07) is 3.51. The number of hydrogen-bond donors (Lipinski definition) is 2. The number of carbonyl (C=O) groups excluding carboxylic acids is 1. The van der Waals surface area contributed by atoms with Gasteiger partial charge in [-0.15, -0.1) is 0 Å². The lowest BCUT2D eigenvalue weighted by Crippen LogP contribution is -2.35. The minimum Gasteiger partial charge on any atom is -0.385 e. The van der Waals surface area contributed by atoms with Crippen molar-refractivity contribution in [1.82, 2.24) is 5.32 Å². The Labute approximate surface area is 119 Å². The number of amides is 1. The molecule has 0 aliphatic heterocycles. The molecule has 0 aromatic heterocycles. The Morgan fingerprint density at radius 2 is 2.05 bits per heavy atom. The molecule has 0 heterocycles. The number of aliphatic hydroxyl groups excluding tert-OH is 1. The summed E-state index contributed by atoms with van der Waals surface area (Å²) in [5, 5.41) is 10.9. The Morgan fingerprint density at radius 1 is 1.45 bits per heavy atom. The fraction of sp³-hybridized carbons (Fsp3) is 0.364. The Bertz CT molecular complexity index is 606. The normalized spacial score (nSPS) is 13.3. The van der Waals surface area contributed by atoms with Crippen molar-refractivity contribution in [1.29, 1.82) is 0 Å². The van der Waals surface area contributed by atoms with Gasteiger partial charge in [0.25, 0.3) is 12.3 Å². The number of hydrogen-bond acceptors (Lipinski definition) is 4. The van der Waals surface area contributed by atoms with Crippen LogP contribution in [0.15, 0.2) is 23.1 Å². The van der Waals surface area contributed by atoms with Crippen molar-refractivity contribution in [2.75, 3.05) is 12.8 Å². The summed E-state index contributed by atoms with van der Waals surface area (Å²) in [5.41, 5.74) is -0.0590. The van der Waals surface area contributed by atoms with Gasteiger partial charge < -0.3 is 10.4 Å². The van der Waals surface area contributed by atoms with E-state index >= 15 is 0 Å². The zero-order valence-corrected chi connectivity index (χ0v) is 11.9. The van der Waals surface area contributed by atoms with Gasteiger partial charge in [0.1, 0.15) is 6.10 Å². The van der Waals surface area contributed by atoms with Crippen molar-refractivity contribution < 1.29 is 27.1 Å². The second-order valence-corrected chi connectivity index (χ2v) is 6.42. The number of rotatable bonds is 5. The van der Waals surface area contributed by atoms with E-state index in [1.165, 1.54) is 12.1 Å². The quantitative estimate of drug-likeness (QED) is 0.848. The molecule has 1 aromatic rings. The molecule has 0 spiro atoms. The molecule has 0 saturated carbocycles. The first kappa shape index (κ1) is 16.8. The topological polar surface area (TPSA) is 83.5 Å². The molecule has 20 heavy (non-hydrogen) atoms. The number of halogens is 3. The van der Waals surface area contributed by atoms with Crippen LogP contribution in [0.5, 0.6) is 0 Å². The molecular formula is C11H12ClF2NO4S. The average Bonchev–Trinajstić information content (AvgIpc) is 2.34. The van der Waals surface area contributed by atoms with Gasteiger partial charge in [-0.1, -0.05) is 11.6 Å². The molecule has 0 bridgehead atoms. The summed E-state index contributed by atoms with van der Waals surface area (Å²) >= 11 is 5.70. The van der Waals surface area contributed by atoms with Crippen LogP contribution in [0.2, 0.25) is 5.02 Å². The fourth-order valence-corrected chi connectivity index (χ4v) is 2.62. The van der Waals surface area contributed by atoms with E-state index < -0.39 is 34.8 Å². The van der Waals surface area contributed by atoms with Crippen LogP contribution in [0.4, 0.5) is 8.78 Å². The van der Waals surface area contributed by atoms with Crippen LogP contribution in [-0.2, 0) is 9.84 Å². The smallest absolute Gasteiger partial charge is 0.265 e. The molecule has 9 heteroatoms. The molecule has 1 unspecified atom stereocenters. The Hall–Kier alpha value is -1.25. The molecule has 0 saturated heterocycles. The molecule has 1 atom stereocenters. The highest BCUT2D eigenvalue weighted by Crippen LogP contribution is 2.22. The van der Waals surface area contributed by atoms with Crippen molar-refractivity contribution >= 4 is 27.3 Å². The molecule has 1 amide bonds. The van der Waals surface area contributed by atoms with Gasteiger partial charge >= 0.3 is 0 Å². The van der Waals surface area contributed by atoms with Crippen LogP contribution in [0.1, 0.15) is 10.4 Å². The monoisotopic (exact) mass is 327 g/mol. The molecule has 2 N–H and O–H groups in total. The van der Waals surface area contributed by atoms with Crippen LogP contribution in [0.25, 0.3) is 0 Å². The zero-order valence-electron chi connectivity index (χ0n) is 10.3. The summed E-state index contributed by atoms with van der Waals surface area (Å²) in [5.74, 6) is -0.786. The third-order valence-electron chi connectivity index (χ3n) is 2.36. The van der Waals surface area contributed by atoms with Crippen molar-refractivity contribution in [2.45, 2.75) is 17.4 Å². The third kappa shape index (κ3) is 4.39. The largest absolute Gasteiger partial charge is 0.385 e. The third-order valence-corrected chi connectivity index (χ3v) is 3.93. The van der Waals surface area contributed by atoms with Crippen LogP contribution in [-0.4, -0.2) is 44.8 Å². The summed E-state index contributed by atoms with van der Waals surface area (Å²) in [4.78, 5) is 11.4. The number of sulfone groups is 1. The summed E-state index contributed by atoms with van der Waals surface area (Å²) in [6.45, 7) is -0.646. The van der Waals surface area contributed by atoms with Crippen LogP contribution < -0.4 is 5.32 Å². The molecule has 1 aromatic carbocycles. The first-order chi connectivity index (χ1) is 9.12. The van der Waals surface area contributed by atoms with Crippen LogP contribution in [0.3, 0.4) is 0 Å². The predicted molar refractivity (Wildman–Crippen MR) is 68.9 cm³/mol. The van der Waals surface area contributed by atoms with E-state index in [0.717, 1.165) is 12.3 Å². The van der Waals surface area contributed by atoms with Gasteiger partial charge in [0.05, 0.1) is 9.92 Å². The van der Waals surface area contributed by atoms with E-state index in [9.17, 15) is 22.0 Å². The van der Waals surface area contributed by atoms with E-state index in [-0.39, 0.29) is 15.5 Å². The standard InChI is InChI=1S/C11H12ClF2NO4S/c1-20(18,19)9-4-6(2-3-7(9)12)11(17)15-5-8(16)10(13)14/h2-4,8,10,16H,5H2,1H3,(H,15,17). The first-order valence-electron chi connectivity index (χ1n) is 5.37. The minimum atomic E-state index is -3.62. The molecule has 0 aliphatic carbocycles. The maximum atomic E-state index is 12.1. The molecule has 0 fully saturated rings. The molecule has 0 aliphatic rings. The molecule has 5 nitrogen and oxygen atoms in total. The van der Waals surface area contributed by atoms with Gasteiger partial charge in [-0.2, -0.15) is 0 Å². The van der Waals surface area contributed by atoms with Crippen molar-refractivity contribution in [3.8, 4) is 0 Å². The van der Waals surface area contributed by atoms with Gasteiger partial charge in [-0.25, -0.2) is 17.2 Å². The van der Waals surface area contributed by atoms with Gasteiger partial charge in [0.15, 0.2) is 9.84 Å². The van der Waals surface area contributed by atoms with E-state index in [1.54, 1.807) is 0 Å². The Balaban J connectivity index is 2.90. The number of alkyl halides is 2. The summed E-state index contributed by atoms with van der Waals surface area (Å²) < 4.78 is 47.0. The molecule has 112 valence electrons. The van der Waals surface area contributed by atoms with Crippen molar-refractivity contribution in [3.05, 3.63) is 28.8 Å². The highest BCUT2D eigenvalue weighted by atomic mass is 35.5. The molecule has 0 radical (unpaired) electrons. The minimum absolute atomic E-state index is 0.0448. The molecule has 1 rings (SSSR count). The van der Waals surface area contributed by atoms with Crippen LogP contribution >= 0.6 is 11.6 Å². The van der Waals surface area contributed by atoms with Gasteiger partial charge in [0, 0.05) is 18.4 Å². The van der Waals surface area contributed by atoms with Gasteiger partial charge in [-0.3, -0.25) is 4.79 Å². The highest BCUT2D eigenvalue weighted by molar-refractivity contribution is 7.90. The number of carbonyl (C=O) groups is 1. The second-order valence-electron chi connectivity index (χ2n) is 4.03. The lowest BCUT2D eigenvalue weighted by atomic mass is 10.2. The summed E-state index contributed by atoms with van der Waals surface area (Å²) in [6.07, 6.45) is -4.04. The predicted octanol–water partition coefficient (Wildman–Crippen LogP) is 1.10. The Kier molecular flexibility index (Phi) is 5.43. The second kappa shape index (κ2) is 6.47. The SMILES string of the molecule is CS(=O)(=O)c1cc(C(=O)NCC(O)C(F)F)ccc1Cl. The van der Waals surface area contributed by atoms with E-state index in [2.05, 4.69) is 5.32 Å². The first-order valence-corrected chi connectivity index (χ1v) is 7.64. The zero-order chi connectivity index (χ0) is 15.5. The Morgan fingerprint density at radius 3 is 2.55 bits per heavy atom. The van der Waals surface area contributed by atoms with Gasteiger partial charge in [-0.05, 0) is 18.2 Å². The van der Waals surface area contributed by atoms with E-state index in [0.29, 0.717) is 0 Å². The highest BCUT2D eigenvalue weighted by Gasteiger charge is 2.19. The van der Waals surface area contributed by atoms with E-state index in [1.807, 2.05) is 0 Å². The van der Waals surface area contributed by atoms with Crippen LogP contribution in [0, 0.1) is 0 Å². The number of benzene rings is 1. The van der Waals surface area contributed by atoms with Crippen molar-refractivity contribution in [2.24, 2.45) is 0 Å². The van der Waals surface area contributed by atoms with Crippen molar-refractivity contribution in [3.63, 3.8) is 0 Å². The fourth-order valence-electron chi connectivity index (χ4n) is 1.32. The van der Waals surface area contributed by atoms with E-state index in [4.69, 9.17) is 16.7 Å². The lowest BCUT2D eigenvalue weighted by molar-refractivity contribution is -0.00270. The summed E-state index contributed by atoms with van der Waals surface area (Å²) in [7, 11) is -3.62. The maximum absolute atomic E-state index is 12.1. The number of nitrogens with one attached hydrogen (secondary N) is 1. The number of aliphatic hydroxyl groups is 1. The maximum Gasteiger partial charge on any atom is 0.265 e. The lowest BCUT2D eigenvalue weighted by Gasteiger charge is -2.11. The average molecular weight is 328 g/mol. The van der Waals surface area contributed by atoms with Gasteiger partial charge in [0.2, 0.25) is 0 Å². The molecular weight excluding hydrogens is 316 g/mol.